The van der Waals surface area contributed by atoms with Crippen LogP contribution in [-0.4, -0.2) is 0 Å². The highest BCUT2D eigenvalue weighted by molar-refractivity contribution is 5.26. The summed E-state index contributed by atoms with van der Waals surface area (Å²) in [5.41, 5.74) is 3.30. The Morgan fingerprint density at radius 1 is 1.08 bits per heavy atom. The summed E-state index contributed by atoms with van der Waals surface area (Å²) in [5.74, 6) is 1.74. The van der Waals surface area contributed by atoms with E-state index in [9.17, 15) is 0 Å². The summed E-state index contributed by atoms with van der Waals surface area (Å²) >= 11 is 0. The molecule has 2 atom stereocenters. The lowest BCUT2D eigenvalue weighted by molar-refractivity contribution is 0.593. The molecule has 0 aromatic carbocycles. The van der Waals surface area contributed by atoms with E-state index in [0.717, 1.165) is 11.8 Å². The van der Waals surface area contributed by atoms with Gasteiger partial charge in [0.15, 0.2) is 0 Å². The van der Waals surface area contributed by atoms with Crippen LogP contribution in [0.2, 0.25) is 0 Å². The number of rotatable bonds is 10. The van der Waals surface area contributed by atoms with Gasteiger partial charge in [-0.3, -0.25) is 0 Å². The lowest BCUT2D eigenvalue weighted by Crippen LogP contribution is -1.90. The molecule has 24 heavy (non-hydrogen) atoms. The lowest BCUT2D eigenvalue weighted by Gasteiger charge is -2.05. The second-order valence-electron chi connectivity index (χ2n) is 7.30. The van der Waals surface area contributed by atoms with Gasteiger partial charge in [0.2, 0.25) is 0 Å². The maximum atomic E-state index is 3.74. The van der Waals surface area contributed by atoms with Crippen LogP contribution >= 0.6 is 0 Å². The zero-order valence-electron chi connectivity index (χ0n) is 16.5. The lowest BCUT2D eigenvalue weighted by atomic mass is 10.0. The van der Waals surface area contributed by atoms with Crippen molar-refractivity contribution in [1.29, 1.82) is 0 Å². The van der Waals surface area contributed by atoms with E-state index in [4.69, 9.17) is 0 Å². The number of fused-ring (bicyclic) bond motifs is 2. The van der Waals surface area contributed by atoms with Crippen molar-refractivity contribution in [2.45, 2.75) is 91.4 Å². The molecule has 0 spiro atoms. The van der Waals surface area contributed by atoms with E-state index < -0.39 is 0 Å². The Morgan fingerprint density at radius 3 is 2.25 bits per heavy atom. The first-order valence-corrected chi connectivity index (χ1v) is 10.3. The molecule has 2 rings (SSSR count). The average Bonchev–Trinajstić information content (AvgIpc) is 3.24. The summed E-state index contributed by atoms with van der Waals surface area (Å²) in [5, 5.41) is 0. The van der Waals surface area contributed by atoms with Crippen molar-refractivity contribution in [3.63, 3.8) is 0 Å². The summed E-state index contributed by atoms with van der Waals surface area (Å²) in [6.45, 7) is 10.3. The van der Waals surface area contributed by atoms with E-state index in [-0.39, 0.29) is 0 Å². The van der Waals surface area contributed by atoms with Gasteiger partial charge in [-0.2, -0.15) is 0 Å². The van der Waals surface area contributed by atoms with E-state index >= 15 is 0 Å². The predicted molar refractivity (Wildman–Crippen MR) is 110 cm³/mol. The minimum atomic E-state index is 0.833. The summed E-state index contributed by atoms with van der Waals surface area (Å²) in [6, 6.07) is 0. The van der Waals surface area contributed by atoms with Gasteiger partial charge >= 0.3 is 0 Å². The number of hydrogen-bond donors (Lipinski definition) is 0. The zero-order valence-corrected chi connectivity index (χ0v) is 16.5. The van der Waals surface area contributed by atoms with Crippen molar-refractivity contribution in [1.82, 2.24) is 0 Å². The summed E-state index contributed by atoms with van der Waals surface area (Å²) in [4.78, 5) is 0. The van der Waals surface area contributed by atoms with Crippen LogP contribution in [0.1, 0.15) is 91.4 Å². The fraction of sp³-hybridized carbons (Fsp3) is 0.667. The highest BCUT2D eigenvalue weighted by Gasteiger charge is 2.29. The Labute approximate surface area is 151 Å². The van der Waals surface area contributed by atoms with Gasteiger partial charge in [-0.15, -0.1) is 6.58 Å². The largest absolute Gasteiger partial charge is 0.103 e. The molecule has 0 heterocycles. The molecule has 0 heteroatoms. The Hall–Kier alpha value is -1.04. The second-order valence-corrected chi connectivity index (χ2v) is 7.30. The Balaban J connectivity index is 0.000000267. The Bertz CT molecular complexity index is 421. The molecule has 0 aromatic rings. The molecule has 0 radical (unpaired) electrons. The van der Waals surface area contributed by atoms with Gasteiger partial charge in [0.25, 0.3) is 0 Å². The molecule has 2 aliphatic rings. The molecular formula is C24H40. The minimum absolute atomic E-state index is 0.833. The monoisotopic (exact) mass is 328 g/mol. The van der Waals surface area contributed by atoms with Gasteiger partial charge in [0.1, 0.15) is 0 Å². The molecule has 0 N–H and O–H groups in total. The average molecular weight is 329 g/mol. The molecule has 0 aliphatic heterocycles. The van der Waals surface area contributed by atoms with E-state index in [1.54, 1.807) is 11.1 Å². The smallest absolute Gasteiger partial charge is 0.00174 e. The maximum absolute atomic E-state index is 3.74. The van der Waals surface area contributed by atoms with Crippen LogP contribution in [-0.2, 0) is 0 Å². The van der Waals surface area contributed by atoms with Crippen LogP contribution in [0.5, 0.6) is 0 Å². The summed E-state index contributed by atoms with van der Waals surface area (Å²) < 4.78 is 0. The van der Waals surface area contributed by atoms with Gasteiger partial charge in [0, 0.05) is 0 Å². The van der Waals surface area contributed by atoms with Crippen LogP contribution in [0.4, 0.5) is 0 Å². The molecule has 136 valence electrons. The quantitative estimate of drug-likeness (QED) is 0.280. The predicted octanol–water partition coefficient (Wildman–Crippen LogP) is 8.18. The first-order valence-electron chi connectivity index (χ1n) is 10.3. The molecule has 0 aromatic heterocycles. The third kappa shape index (κ3) is 8.18. The van der Waals surface area contributed by atoms with Gasteiger partial charge in [0.05, 0.1) is 0 Å². The van der Waals surface area contributed by atoms with Crippen LogP contribution in [0.25, 0.3) is 0 Å². The highest BCUT2D eigenvalue weighted by atomic mass is 14.3. The molecule has 2 aliphatic carbocycles. The first-order chi connectivity index (χ1) is 11.7. The third-order valence-electron chi connectivity index (χ3n) is 5.54. The molecular weight excluding hydrogens is 288 g/mol. The molecule has 1 saturated carbocycles. The fourth-order valence-electron chi connectivity index (χ4n) is 3.86. The number of hydrogen-bond acceptors (Lipinski definition) is 0. The Kier molecular flexibility index (Phi) is 11.6. The normalized spacial score (nSPS) is 23.5. The third-order valence-corrected chi connectivity index (χ3v) is 5.54. The number of unbranched alkanes of at least 4 members (excludes halogenated alkanes) is 6. The van der Waals surface area contributed by atoms with Crippen molar-refractivity contribution in [3.8, 4) is 0 Å². The SMILES string of the molecule is C/C=C1/CC2C=CC1C2.C=CCCCCCCCC/C(=C/C)CC. The Morgan fingerprint density at radius 2 is 1.79 bits per heavy atom. The van der Waals surface area contributed by atoms with Gasteiger partial charge in [-0.25, -0.2) is 0 Å². The van der Waals surface area contributed by atoms with E-state index in [2.05, 4.69) is 51.7 Å². The standard InChI is InChI=1S/C15H28.C9H12/c1-4-7-8-9-10-11-12-13-14-15(5-2)6-3;1-2-8-5-7-3-4-9(8)6-7/h4-5H,1,6-14H2,2-3H3;2-4,7,9H,5-6H2,1H3/b15-5+;8-2-. The van der Waals surface area contributed by atoms with E-state index in [1.807, 2.05) is 6.08 Å². The maximum Gasteiger partial charge on any atom is -0.00174 e. The topological polar surface area (TPSA) is 0 Å². The van der Waals surface area contributed by atoms with Crippen molar-refractivity contribution in [3.05, 3.63) is 48.1 Å². The fourth-order valence-corrected chi connectivity index (χ4v) is 3.86. The van der Waals surface area contributed by atoms with E-state index in [0.29, 0.717) is 0 Å². The van der Waals surface area contributed by atoms with Crippen molar-refractivity contribution in [2.24, 2.45) is 11.8 Å². The van der Waals surface area contributed by atoms with Crippen LogP contribution < -0.4 is 0 Å². The van der Waals surface area contributed by atoms with Crippen molar-refractivity contribution >= 4 is 0 Å². The zero-order chi connectivity index (χ0) is 17.6. The first kappa shape index (κ1) is 21.0. The van der Waals surface area contributed by atoms with Crippen molar-refractivity contribution < 1.29 is 0 Å². The summed E-state index contributed by atoms with van der Waals surface area (Å²) in [7, 11) is 0. The van der Waals surface area contributed by atoms with Crippen LogP contribution in [0, 0.1) is 11.8 Å². The molecule has 2 bridgehead atoms. The molecule has 0 amide bonds. The molecule has 1 fully saturated rings. The van der Waals surface area contributed by atoms with Crippen molar-refractivity contribution in [2.75, 3.05) is 0 Å². The van der Waals surface area contributed by atoms with Gasteiger partial charge in [-0.1, -0.05) is 74.1 Å². The molecule has 0 saturated heterocycles. The van der Waals surface area contributed by atoms with Gasteiger partial charge in [-0.05, 0) is 70.6 Å². The number of allylic oxidation sites excluding steroid dienone is 7. The van der Waals surface area contributed by atoms with Crippen LogP contribution in [0.15, 0.2) is 48.1 Å². The minimum Gasteiger partial charge on any atom is -0.103 e. The summed E-state index contributed by atoms with van der Waals surface area (Å²) in [6.07, 6.45) is 26.2. The molecule has 0 nitrogen and oxygen atoms in total. The second kappa shape index (κ2) is 13.3. The van der Waals surface area contributed by atoms with E-state index in [1.165, 1.54) is 70.6 Å². The molecule has 2 unspecified atom stereocenters. The highest BCUT2D eigenvalue weighted by Crippen LogP contribution is 2.42. The van der Waals surface area contributed by atoms with Gasteiger partial charge < -0.3 is 0 Å². The van der Waals surface area contributed by atoms with Crippen LogP contribution in [0.3, 0.4) is 0 Å².